The van der Waals surface area contributed by atoms with E-state index in [-0.39, 0.29) is 5.82 Å². The molecule has 0 fully saturated rings. The summed E-state index contributed by atoms with van der Waals surface area (Å²) in [6.07, 6.45) is 3.87. The molecule has 0 atom stereocenters. The smallest absolute Gasteiger partial charge is 0.184 e. The van der Waals surface area contributed by atoms with Crippen molar-refractivity contribution in [3.8, 4) is 6.19 Å². The van der Waals surface area contributed by atoms with Gasteiger partial charge in [0.05, 0.1) is 5.69 Å². The Bertz CT molecular complexity index is 345. The number of unbranched alkanes of at least 4 members (excludes halogenated alkanes) is 1. The maximum absolute atomic E-state index is 12.7. The first-order valence-corrected chi connectivity index (χ1v) is 5.19. The number of rotatable bonds is 6. The molecule has 1 aromatic rings. The van der Waals surface area contributed by atoms with Crippen LogP contribution < -0.4 is 4.90 Å². The second-order valence-electron chi connectivity index (χ2n) is 3.43. The highest BCUT2D eigenvalue weighted by molar-refractivity contribution is 5.49. The molecule has 0 unspecified atom stereocenters. The van der Waals surface area contributed by atoms with Gasteiger partial charge >= 0.3 is 0 Å². The van der Waals surface area contributed by atoms with Crippen molar-refractivity contribution < 1.29 is 9.13 Å². The third kappa shape index (κ3) is 3.87. The van der Waals surface area contributed by atoms with E-state index < -0.39 is 0 Å². The highest BCUT2D eigenvalue weighted by atomic mass is 19.1. The minimum Gasteiger partial charge on any atom is -0.385 e. The number of hydrogen-bond acceptors (Lipinski definition) is 3. The molecule has 0 radical (unpaired) electrons. The van der Waals surface area contributed by atoms with Gasteiger partial charge in [0.15, 0.2) is 6.19 Å². The van der Waals surface area contributed by atoms with Gasteiger partial charge in [-0.1, -0.05) is 0 Å². The number of methoxy groups -OCH3 is 1. The molecule has 0 saturated carbocycles. The molecule has 0 aliphatic heterocycles. The quantitative estimate of drug-likeness (QED) is 0.421. The van der Waals surface area contributed by atoms with E-state index in [1.807, 2.05) is 0 Å². The lowest BCUT2D eigenvalue weighted by molar-refractivity contribution is 0.193. The van der Waals surface area contributed by atoms with Gasteiger partial charge in [0, 0.05) is 20.3 Å². The molecular weight excluding hydrogens is 207 g/mol. The molecule has 0 heterocycles. The van der Waals surface area contributed by atoms with Gasteiger partial charge in [-0.2, -0.15) is 5.26 Å². The summed E-state index contributed by atoms with van der Waals surface area (Å²) < 4.78 is 17.6. The summed E-state index contributed by atoms with van der Waals surface area (Å²) in [6.45, 7) is 1.33. The summed E-state index contributed by atoms with van der Waals surface area (Å²) in [5.41, 5.74) is 0.723. The number of benzene rings is 1. The van der Waals surface area contributed by atoms with E-state index in [1.165, 1.54) is 12.1 Å². The van der Waals surface area contributed by atoms with Crippen LogP contribution in [0.15, 0.2) is 24.3 Å². The van der Waals surface area contributed by atoms with E-state index >= 15 is 0 Å². The number of ether oxygens (including phenoxy) is 1. The Morgan fingerprint density at radius 2 is 2.00 bits per heavy atom. The van der Waals surface area contributed by atoms with Crippen molar-refractivity contribution in [3.05, 3.63) is 30.1 Å². The summed E-state index contributed by atoms with van der Waals surface area (Å²) in [7, 11) is 1.65. The fourth-order valence-corrected chi connectivity index (χ4v) is 1.37. The van der Waals surface area contributed by atoms with Gasteiger partial charge in [0.25, 0.3) is 0 Å². The van der Waals surface area contributed by atoms with Crippen LogP contribution >= 0.6 is 0 Å². The van der Waals surface area contributed by atoms with E-state index in [4.69, 9.17) is 10.00 Å². The average molecular weight is 222 g/mol. The highest BCUT2D eigenvalue weighted by Gasteiger charge is 2.04. The van der Waals surface area contributed by atoms with Crippen molar-refractivity contribution in [2.75, 3.05) is 25.2 Å². The van der Waals surface area contributed by atoms with Gasteiger partial charge in [-0.3, -0.25) is 4.90 Å². The third-order valence-electron chi connectivity index (χ3n) is 2.24. The molecule has 0 bridgehead atoms. The Balaban J connectivity index is 2.48. The standard InChI is InChI=1S/C12H15FN2O/c1-16-9-3-2-8-15(10-14)12-6-4-11(13)5-7-12/h4-7H,2-3,8-9H2,1H3. The lowest BCUT2D eigenvalue weighted by Gasteiger charge is -2.15. The van der Waals surface area contributed by atoms with Gasteiger partial charge in [-0.25, -0.2) is 4.39 Å². The second kappa shape index (κ2) is 6.81. The first-order chi connectivity index (χ1) is 7.77. The van der Waals surface area contributed by atoms with E-state index in [0.717, 1.165) is 18.5 Å². The number of hydrogen-bond donors (Lipinski definition) is 0. The normalized spacial score (nSPS) is 9.81. The minimum atomic E-state index is -0.291. The second-order valence-corrected chi connectivity index (χ2v) is 3.43. The number of nitrogens with zero attached hydrogens (tertiary/aromatic N) is 2. The van der Waals surface area contributed by atoms with Gasteiger partial charge < -0.3 is 4.74 Å². The van der Waals surface area contributed by atoms with Gasteiger partial charge in [-0.15, -0.1) is 0 Å². The first kappa shape index (κ1) is 12.5. The summed E-state index contributed by atoms with van der Waals surface area (Å²) in [4.78, 5) is 1.55. The van der Waals surface area contributed by atoms with Gasteiger partial charge in [-0.05, 0) is 37.1 Å². The molecule has 3 nitrogen and oxygen atoms in total. The molecule has 0 amide bonds. The Hall–Kier alpha value is -1.60. The average Bonchev–Trinajstić information content (AvgIpc) is 2.31. The molecule has 86 valence electrons. The van der Waals surface area contributed by atoms with Crippen molar-refractivity contribution in [2.24, 2.45) is 0 Å². The van der Waals surface area contributed by atoms with Crippen LogP contribution in [0.3, 0.4) is 0 Å². The molecule has 1 aromatic carbocycles. The topological polar surface area (TPSA) is 36.3 Å². The maximum Gasteiger partial charge on any atom is 0.184 e. The van der Waals surface area contributed by atoms with Gasteiger partial charge in [0.2, 0.25) is 0 Å². The molecule has 0 saturated heterocycles. The zero-order chi connectivity index (χ0) is 11.8. The van der Waals surface area contributed by atoms with Crippen LogP contribution in [0.1, 0.15) is 12.8 Å². The maximum atomic E-state index is 12.7. The number of halogens is 1. The molecule has 0 aliphatic rings. The van der Waals surface area contributed by atoms with E-state index in [0.29, 0.717) is 13.2 Å². The first-order valence-electron chi connectivity index (χ1n) is 5.19. The van der Waals surface area contributed by atoms with E-state index in [2.05, 4.69) is 6.19 Å². The zero-order valence-corrected chi connectivity index (χ0v) is 9.32. The summed E-state index contributed by atoms with van der Waals surface area (Å²) >= 11 is 0. The minimum absolute atomic E-state index is 0.291. The zero-order valence-electron chi connectivity index (χ0n) is 9.32. The molecule has 16 heavy (non-hydrogen) atoms. The fraction of sp³-hybridized carbons (Fsp3) is 0.417. The Labute approximate surface area is 95.1 Å². The lowest BCUT2D eigenvalue weighted by atomic mass is 10.2. The van der Waals surface area contributed by atoms with Crippen LogP contribution in [0.5, 0.6) is 0 Å². The van der Waals surface area contributed by atoms with Crippen LogP contribution in [0.25, 0.3) is 0 Å². The molecule has 1 rings (SSSR count). The summed E-state index contributed by atoms with van der Waals surface area (Å²) in [5, 5.41) is 8.96. The molecule has 0 N–H and O–H groups in total. The van der Waals surface area contributed by atoms with Crippen molar-refractivity contribution >= 4 is 5.69 Å². The van der Waals surface area contributed by atoms with Gasteiger partial charge in [0.1, 0.15) is 5.82 Å². The van der Waals surface area contributed by atoms with E-state index in [9.17, 15) is 4.39 Å². The molecule has 0 aromatic heterocycles. The van der Waals surface area contributed by atoms with E-state index in [1.54, 1.807) is 24.1 Å². The highest BCUT2D eigenvalue weighted by Crippen LogP contribution is 2.14. The van der Waals surface area contributed by atoms with Crippen LogP contribution in [0, 0.1) is 17.3 Å². The van der Waals surface area contributed by atoms with Crippen molar-refractivity contribution in [1.29, 1.82) is 5.26 Å². The number of nitriles is 1. The fourth-order valence-electron chi connectivity index (χ4n) is 1.37. The predicted molar refractivity (Wildman–Crippen MR) is 60.5 cm³/mol. The van der Waals surface area contributed by atoms with Crippen LogP contribution in [0.2, 0.25) is 0 Å². The number of anilines is 1. The Morgan fingerprint density at radius 1 is 1.31 bits per heavy atom. The monoisotopic (exact) mass is 222 g/mol. The molecule has 0 aliphatic carbocycles. The van der Waals surface area contributed by atoms with Crippen LogP contribution in [-0.4, -0.2) is 20.3 Å². The van der Waals surface area contributed by atoms with Crippen LogP contribution in [-0.2, 0) is 4.74 Å². The largest absolute Gasteiger partial charge is 0.385 e. The lowest BCUT2D eigenvalue weighted by Crippen LogP contribution is -2.18. The van der Waals surface area contributed by atoms with Crippen LogP contribution in [0.4, 0.5) is 10.1 Å². The molecular formula is C12H15FN2O. The predicted octanol–water partition coefficient (Wildman–Crippen LogP) is 2.54. The molecule has 0 spiro atoms. The summed E-state index contributed by atoms with van der Waals surface area (Å²) in [6, 6.07) is 5.92. The van der Waals surface area contributed by atoms with Crippen molar-refractivity contribution in [1.82, 2.24) is 0 Å². The summed E-state index contributed by atoms with van der Waals surface area (Å²) in [5.74, 6) is -0.291. The Morgan fingerprint density at radius 3 is 2.56 bits per heavy atom. The third-order valence-corrected chi connectivity index (χ3v) is 2.24. The SMILES string of the molecule is COCCCCN(C#N)c1ccc(F)cc1. The molecule has 4 heteroatoms. The van der Waals surface area contributed by atoms with Crippen molar-refractivity contribution in [3.63, 3.8) is 0 Å². The van der Waals surface area contributed by atoms with Crippen molar-refractivity contribution in [2.45, 2.75) is 12.8 Å². The Kier molecular flexibility index (Phi) is 5.30.